The summed E-state index contributed by atoms with van der Waals surface area (Å²) >= 11 is 5.74. The van der Waals surface area contributed by atoms with Crippen LogP contribution in [0.4, 0.5) is 0 Å². The van der Waals surface area contributed by atoms with E-state index >= 15 is 0 Å². The molecule has 0 bridgehead atoms. The van der Waals surface area contributed by atoms with Crippen molar-refractivity contribution in [1.29, 1.82) is 0 Å². The zero-order valence-corrected chi connectivity index (χ0v) is 12.5. The van der Waals surface area contributed by atoms with Gasteiger partial charge in [-0.3, -0.25) is 0 Å². The Labute approximate surface area is 115 Å². The van der Waals surface area contributed by atoms with Gasteiger partial charge in [-0.1, -0.05) is 20.8 Å². The lowest BCUT2D eigenvalue weighted by Crippen LogP contribution is -2.30. The van der Waals surface area contributed by atoms with Gasteiger partial charge in [0.1, 0.15) is 12.2 Å². The van der Waals surface area contributed by atoms with Crippen LogP contribution in [0.3, 0.4) is 0 Å². The summed E-state index contributed by atoms with van der Waals surface area (Å²) in [6.45, 7) is 9.38. The first-order valence-electron chi connectivity index (χ1n) is 6.72. The Morgan fingerprint density at radius 3 is 2.89 bits per heavy atom. The molecule has 104 valence electrons. The Bertz CT molecular complexity index is 335. The maximum Gasteiger partial charge on any atom is 0.140 e. The summed E-state index contributed by atoms with van der Waals surface area (Å²) in [5.74, 6) is 1.76. The van der Waals surface area contributed by atoms with Crippen LogP contribution in [0.15, 0.2) is 6.33 Å². The molecule has 1 heterocycles. The normalized spacial score (nSPS) is 12.0. The second-order valence-electron chi connectivity index (χ2n) is 5.46. The van der Waals surface area contributed by atoms with Gasteiger partial charge in [0, 0.05) is 19.0 Å². The molecule has 0 aliphatic carbocycles. The fourth-order valence-corrected chi connectivity index (χ4v) is 2.10. The molecule has 0 unspecified atom stereocenters. The average Bonchev–Trinajstić information content (AvgIpc) is 2.75. The van der Waals surface area contributed by atoms with E-state index < -0.39 is 0 Å². The first-order chi connectivity index (χ1) is 8.59. The molecule has 0 aliphatic heterocycles. The minimum atomic E-state index is 0.282. The monoisotopic (exact) mass is 272 g/mol. The molecule has 0 saturated carbocycles. The van der Waals surface area contributed by atoms with Crippen molar-refractivity contribution in [2.75, 3.05) is 12.4 Å². The fraction of sp³-hybridized carbons (Fsp3) is 0.846. The molecule has 0 saturated heterocycles. The van der Waals surface area contributed by atoms with Crippen LogP contribution < -0.4 is 5.32 Å². The van der Waals surface area contributed by atoms with Crippen molar-refractivity contribution in [1.82, 2.24) is 20.1 Å². The molecule has 1 rings (SSSR count). The molecular formula is C13H25ClN4. The van der Waals surface area contributed by atoms with Crippen LogP contribution in [0.2, 0.25) is 0 Å². The molecule has 0 atom stereocenters. The van der Waals surface area contributed by atoms with E-state index in [-0.39, 0.29) is 5.41 Å². The number of aryl methyl sites for hydroxylation is 1. The largest absolute Gasteiger partial charge is 0.309 e. The summed E-state index contributed by atoms with van der Waals surface area (Å²) in [4.78, 5) is 4.28. The number of nitrogens with zero attached hydrogens (tertiary/aromatic N) is 3. The van der Waals surface area contributed by atoms with Gasteiger partial charge in [0.15, 0.2) is 0 Å². The lowest BCUT2D eigenvalue weighted by Gasteiger charge is -2.24. The van der Waals surface area contributed by atoms with Gasteiger partial charge in [-0.15, -0.1) is 11.6 Å². The lowest BCUT2D eigenvalue weighted by atomic mass is 9.88. The van der Waals surface area contributed by atoms with Crippen LogP contribution in [-0.2, 0) is 13.1 Å². The number of rotatable bonds is 9. The topological polar surface area (TPSA) is 42.7 Å². The molecule has 18 heavy (non-hydrogen) atoms. The van der Waals surface area contributed by atoms with Crippen molar-refractivity contribution in [3.8, 4) is 0 Å². The third-order valence-electron chi connectivity index (χ3n) is 3.00. The molecule has 0 aromatic carbocycles. The van der Waals surface area contributed by atoms with Crippen molar-refractivity contribution in [3.05, 3.63) is 12.2 Å². The predicted octanol–water partition coefficient (Wildman–Crippen LogP) is 2.82. The van der Waals surface area contributed by atoms with Crippen molar-refractivity contribution < 1.29 is 0 Å². The average molecular weight is 273 g/mol. The molecule has 1 aromatic rings. The molecule has 0 amide bonds. The highest BCUT2D eigenvalue weighted by Gasteiger charge is 2.17. The number of halogens is 1. The highest BCUT2D eigenvalue weighted by molar-refractivity contribution is 6.17. The van der Waals surface area contributed by atoms with Gasteiger partial charge >= 0.3 is 0 Å². The molecule has 4 nitrogen and oxygen atoms in total. The molecule has 0 fully saturated rings. The highest BCUT2D eigenvalue weighted by Crippen LogP contribution is 2.21. The minimum absolute atomic E-state index is 0.282. The number of alkyl halides is 1. The Morgan fingerprint density at radius 1 is 1.44 bits per heavy atom. The number of nitrogens with one attached hydrogen (secondary N) is 1. The quantitative estimate of drug-likeness (QED) is 0.703. The van der Waals surface area contributed by atoms with Crippen molar-refractivity contribution in [2.45, 2.75) is 53.1 Å². The van der Waals surface area contributed by atoms with Crippen LogP contribution in [0.25, 0.3) is 0 Å². The molecule has 1 aromatic heterocycles. The zero-order chi connectivity index (χ0) is 13.4. The van der Waals surface area contributed by atoms with Gasteiger partial charge < -0.3 is 5.32 Å². The standard InChI is InChI=1S/C13H25ClN4/c1-4-8-18-12(16-11-17-18)9-15-10-13(2,3)6-5-7-14/h11,15H,4-10H2,1-3H3. The Hall–Kier alpha value is -0.610. The van der Waals surface area contributed by atoms with E-state index in [0.717, 1.165) is 50.6 Å². The summed E-state index contributed by atoms with van der Waals surface area (Å²) in [6.07, 6.45) is 4.93. The van der Waals surface area contributed by atoms with Crippen LogP contribution >= 0.6 is 11.6 Å². The van der Waals surface area contributed by atoms with Gasteiger partial charge in [0.2, 0.25) is 0 Å². The minimum Gasteiger partial charge on any atom is -0.309 e. The predicted molar refractivity (Wildman–Crippen MR) is 75.8 cm³/mol. The summed E-state index contributed by atoms with van der Waals surface area (Å²) in [5.41, 5.74) is 0.282. The van der Waals surface area contributed by atoms with Crippen molar-refractivity contribution >= 4 is 11.6 Å². The smallest absolute Gasteiger partial charge is 0.140 e. The van der Waals surface area contributed by atoms with E-state index in [9.17, 15) is 0 Å². The third-order valence-corrected chi connectivity index (χ3v) is 3.27. The summed E-state index contributed by atoms with van der Waals surface area (Å²) in [5, 5.41) is 7.69. The van der Waals surface area contributed by atoms with Gasteiger partial charge in [-0.25, -0.2) is 9.67 Å². The van der Waals surface area contributed by atoms with E-state index in [2.05, 4.69) is 36.2 Å². The van der Waals surface area contributed by atoms with Crippen LogP contribution in [0, 0.1) is 5.41 Å². The molecule has 0 spiro atoms. The molecule has 0 aliphatic rings. The molecular weight excluding hydrogens is 248 g/mol. The van der Waals surface area contributed by atoms with E-state index in [1.165, 1.54) is 0 Å². The lowest BCUT2D eigenvalue weighted by molar-refractivity contribution is 0.308. The Balaban J connectivity index is 2.34. The fourth-order valence-electron chi connectivity index (χ4n) is 1.97. The number of hydrogen-bond acceptors (Lipinski definition) is 3. The van der Waals surface area contributed by atoms with Gasteiger partial charge in [0.05, 0.1) is 6.54 Å². The number of hydrogen-bond donors (Lipinski definition) is 1. The molecule has 1 N–H and O–H groups in total. The van der Waals surface area contributed by atoms with Crippen molar-refractivity contribution in [2.24, 2.45) is 5.41 Å². The Kier molecular flexibility index (Phi) is 6.65. The van der Waals surface area contributed by atoms with Crippen molar-refractivity contribution in [3.63, 3.8) is 0 Å². The second kappa shape index (κ2) is 7.74. The SMILES string of the molecule is CCCn1ncnc1CNCC(C)(C)CCCCl. The highest BCUT2D eigenvalue weighted by atomic mass is 35.5. The van der Waals surface area contributed by atoms with Gasteiger partial charge in [0.25, 0.3) is 0 Å². The van der Waals surface area contributed by atoms with Gasteiger partial charge in [-0.05, 0) is 24.7 Å². The first-order valence-corrected chi connectivity index (χ1v) is 7.26. The third kappa shape index (κ3) is 5.36. The van der Waals surface area contributed by atoms with E-state index in [1.807, 2.05) is 4.68 Å². The maximum atomic E-state index is 5.74. The molecule has 5 heteroatoms. The number of aromatic nitrogens is 3. The maximum absolute atomic E-state index is 5.74. The summed E-state index contributed by atoms with van der Waals surface area (Å²) in [7, 11) is 0. The molecule has 0 radical (unpaired) electrons. The second-order valence-corrected chi connectivity index (χ2v) is 5.84. The zero-order valence-electron chi connectivity index (χ0n) is 11.7. The van der Waals surface area contributed by atoms with E-state index in [1.54, 1.807) is 6.33 Å². The van der Waals surface area contributed by atoms with E-state index in [4.69, 9.17) is 11.6 Å². The van der Waals surface area contributed by atoms with Crippen LogP contribution in [0.1, 0.15) is 45.9 Å². The summed E-state index contributed by atoms with van der Waals surface area (Å²) < 4.78 is 1.97. The van der Waals surface area contributed by atoms with E-state index in [0.29, 0.717) is 0 Å². The summed E-state index contributed by atoms with van der Waals surface area (Å²) in [6, 6.07) is 0. The Morgan fingerprint density at radius 2 is 2.22 bits per heavy atom. The van der Waals surface area contributed by atoms with Crippen LogP contribution in [-0.4, -0.2) is 27.2 Å². The van der Waals surface area contributed by atoms with Crippen LogP contribution in [0.5, 0.6) is 0 Å². The van der Waals surface area contributed by atoms with Gasteiger partial charge in [-0.2, -0.15) is 5.10 Å². The first kappa shape index (κ1) is 15.4.